The van der Waals surface area contributed by atoms with Gasteiger partial charge in [-0.25, -0.2) is 0 Å². The van der Waals surface area contributed by atoms with Gasteiger partial charge in [0.05, 0.1) is 0 Å². The Morgan fingerprint density at radius 1 is 1.78 bits per heavy atom. The maximum Gasteiger partial charge on any atom is 0.257 e. The number of hydrogen-bond acceptors (Lipinski definition) is 1. The van der Waals surface area contributed by atoms with Gasteiger partial charge in [-0.1, -0.05) is 19.4 Å². The van der Waals surface area contributed by atoms with Crippen molar-refractivity contribution in [2.75, 3.05) is 0 Å². The van der Waals surface area contributed by atoms with Gasteiger partial charge in [-0.15, -0.1) is 0 Å². The second-order valence-corrected chi connectivity index (χ2v) is 1.84. The Morgan fingerprint density at radius 3 is 2.89 bits per heavy atom. The SMILES string of the molecule is CCCC=CC(=O)NCl. The molecule has 0 aliphatic rings. The molecule has 1 amide bonds. The third kappa shape index (κ3) is 5.37. The van der Waals surface area contributed by atoms with E-state index in [0.717, 1.165) is 12.8 Å². The molecule has 0 atom stereocenters. The van der Waals surface area contributed by atoms with Crippen LogP contribution in [-0.2, 0) is 4.79 Å². The van der Waals surface area contributed by atoms with Crippen molar-refractivity contribution in [2.45, 2.75) is 19.8 Å². The average molecular weight is 148 g/mol. The van der Waals surface area contributed by atoms with Gasteiger partial charge in [0, 0.05) is 17.9 Å². The number of carbonyl (C=O) groups excluding carboxylic acids is 1. The molecule has 0 rings (SSSR count). The Bertz CT molecular complexity index is 112. The van der Waals surface area contributed by atoms with Crippen LogP contribution in [-0.4, -0.2) is 5.91 Å². The molecule has 0 aromatic rings. The lowest BCUT2D eigenvalue weighted by molar-refractivity contribution is -0.114. The van der Waals surface area contributed by atoms with Gasteiger partial charge in [-0.3, -0.25) is 9.63 Å². The second kappa shape index (κ2) is 5.63. The fourth-order valence-electron chi connectivity index (χ4n) is 0.389. The zero-order chi connectivity index (χ0) is 7.11. The van der Waals surface area contributed by atoms with Crippen LogP contribution in [0.25, 0.3) is 0 Å². The molecule has 0 heterocycles. The highest BCUT2D eigenvalue weighted by Gasteiger charge is 1.86. The number of unbranched alkanes of at least 4 members (excludes halogenated alkanes) is 1. The molecular weight excluding hydrogens is 138 g/mol. The predicted molar refractivity (Wildman–Crippen MR) is 38.0 cm³/mol. The van der Waals surface area contributed by atoms with Gasteiger partial charge >= 0.3 is 0 Å². The van der Waals surface area contributed by atoms with Crippen LogP contribution in [0.3, 0.4) is 0 Å². The van der Waals surface area contributed by atoms with Crippen LogP contribution in [0, 0.1) is 0 Å². The first-order chi connectivity index (χ1) is 4.31. The summed E-state index contributed by atoms with van der Waals surface area (Å²) in [4.78, 5) is 12.3. The van der Waals surface area contributed by atoms with Crippen LogP contribution in [0.15, 0.2) is 12.2 Å². The first-order valence-corrected chi connectivity index (χ1v) is 3.26. The molecule has 3 heteroatoms. The monoisotopic (exact) mass is 147 g/mol. The van der Waals surface area contributed by atoms with Gasteiger partial charge in [0.2, 0.25) is 0 Å². The number of allylic oxidation sites excluding steroid dienone is 1. The average Bonchev–Trinajstić information content (AvgIpc) is 1.89. The molecule has 0 fully saturated rings. The van der Waals surface area contributed by atoms with E-state index in [1.54, 1.807) is 6.08 Å². The van der Waals surface area contributed by atoms with Crippen LogP contribution in [0.4, 0.5) is 0 Å². The standard InChI is InChI=1S/C6H10ClNO/c1-2-3-4-5-6(9)8-7/h4-5H,2-3H2,1H3,(H,8,9). The number of amides is 1. The van der Waals surface area contributed by atoms with E-state index in [4.69, 9.17) is 11.8 Å². The summed E-state index contributed by atoms with van der Waals surface area (Å²) < 4.78 is 0. The fraction of sp³-hybridized carbons (Fsp3) is 0.500. The van der Waals surface area contributed by atoms with Crippen LogP contribution in [0.5, 0.6) is 0 Å². The summed E-state index contributed by atoms with van der Waals surface area (Å²) in [5.74, 6) is -0.259. The van der Waals surface area contributed by atoms with Crippen molar-refractivity contribution >= 4 is 17.7 Å². The minimum atomic E-state index is -0.259. The van der Waals surface area contributed by atoms with Gasteiger partial charge in [0.1, 0.15) is 0 Å². The molecule has 0 aliphatic heterocycles. The van der Waals surface area contributed by atoms with E-state index in [1.807, 2.05) is 11.8 Å². The van der Waals surface area contributed by atoms with Crippen molar-refractivity contribution < 1.29 is 4.79 Å². The number of hydrogen-bond donors (Lipinski definition) is 1. The van der Waals surface area contributed by atoms with Gasteiger partial charge in [0.25, 0.3) is 5.91 Å². The molecule has 0 radical (unpaired) electrons. The summed E-state index contributed by atoms with van der Waals surface area (Å²) in [7, 11) is 0. The molecule has 0 spiro atoms. The molecule has 2 nitrogen and oxygen atoms in total. The first kappa shape index (κ1) is 8.50. The predicted octanol–water partition coefficient (Wildman–Crippen LogP) is 1.61. The number of rotatable bonds is 3. The summed E-state index contributed by atoms with van der Waals surface area (Å²) in [6.45, 7) is 2.04. The van der Waals surface area contributed by atoms with E-state index in [2.05, 4.69) is 0 Å². The molecule has 9 heavy (non-hydrogen) atoms. The van der Waals surface area contributed by atoms with Gasteiger partial charge in [-0.05, 0) is 6.42 Å². The molecule has 0 bridgehead atoms. The van der Waals surface area contributed by atoms with E-state index in [9.17, 15) is 4.79 Å². The van der Waals surface area contributed by atoms with E-state index in [0.29, 0.717) is 0 Å². The summed E-state index contributed by atoms with van der Waals surface area (Å²) >= 11 is 4.98. The second-order valence-electron chi connectivity index (χ2n) is 1.65. The molecule has 0 saturated carbocycles. The van der Waals surface area contributed by atoms with Crippen molar-refractivity contribution in [3.63, 3.8) is 0 Å². The Morgan fingerprint density at radius 2 is 2.44 bits per heavy atom. The lowest BCUT2D eigenvalue weighted by Gasteiger charge is -1.85. The van der Waals surface area contributed by atoms with Gasteiger partial charge < -0.3 is 0 Å². The first-order valence-electron chi connectivity index (χ1n) is 2.88. The number of halogens is 1. The van der Waals surface area contributed by atoms with Crippen LogP contribution in [0.1, 0.15) is 19.8 Å². The normalized spacial score (nSPS) is 10.0. The summed E-state index contributed by atoms with van der Waals surface area (Å²) in [6.07, 6.45) is 5.19. The molecule has 0 saturated heterocycles. The highest BCUT2D eigenvalue weighted by molar-refractivity contribution is 6.23. The fourth-order valence-corrected chi connectivity index (χ4v) is 0.452. The Labute approximate surface area is 60.0 Å². The zero-order valence-corrected chi connectivity index (χ0v) is 6.11. The van der Waals surface area contributed by atoms with Crippen LogP contribution in [0.2, 0.25) is 0 Å². The maximum atomic E-state index is 10.4. The summed E-state index contributed by atoms with van der Waals surface area (Å²) in [5.41, 5.74) is 0. The van der Waals surface area contributed by atoms with Crippen molar-refractivity contribution in [3.8, 4) is 0 Å². The quantitative estimate of drug-likeness (QED) is 0.477. The van der Waals surface area contributed by atoms with Gasteiger partial charge in [0.15, 0.2) is 0 Å². The maximum absolute atomic E-state index is 10.4. The molecule has 0 aromatic carbocycles. The van der Waals surface area contributed by atoms with E-state index in [1.165, 1.54) is 6.08 Å². The zero-order valence-electron chi connectivity index (χ0n) is 5.36. The number of carbonyl (C=O) groups is 1. The van der Waals surface area contributed by atoms with Crippen LogP contribution < -0.4 is 4.84 Å². The minimum absolute atomic E-state index is 0.259. The third-order valence-electron chi connectivity index (χ3n) is 0.818. The molecule has 0 aromatic heterocycles. The molecule has 0 unspecified atom stereocenters. The van der Waals surface area contributed by atoms with E-state index in [-0.39, 0.29) is 5.91 Å². The molecule has 1 N–H and O–H groups in total. The van der Waals surface area contributed by atoms with Crippen molar-refractivity contribution in [3.05, 3.63) is 12.2 Å². The molecule has 0 aliphatic carbocycles. The topological polar surface area (TPSA) is 29.1 Å². The van der Waals surface area contributed by atoms with Crippen molar-refractivity contribution in [1.82, 2.24) is 4.84 Å². The smallest absolute Gasteiger partial charge is 0.257 e. The highest BCUT2D eigenvalue weighted by atomic mass is 35.5. The summed E-state index contributed by atoms with van der Waals surface area (Å²) in [5, 5.41) is 0. The third-order valence-corrected chi connectivity index (χ3v) is 1.00. The lowest BCUT2D eigenvalue weighted by Crippen LogP contribution is -2.07. The van der Waals surface area contributed by atoms with E-state index < -0.39 is 0 Å². The lowest BCUT2D eigenvalue weighted by atomic mass is 10.3. The molecule has 52 valence electrons. The van der Waals surface area contributed by atoms with Crippen molar-refractivity contribution in [2.24, 2.45) is 0 Å². The largest absolute Gasteiger partial charge is 0.269 e. The van der Waals surface area contributed by atoms with Crippen LogP contribution >= 0.6 is 11.8 Å². The highest BCUT2D eigenvalue weighted by Crippen LogP contribution is 1.87. The van der Waals surface area contributed by atoms with E-state index >= 15 is 0 Å². The Hall–Kier alpha value is -0.500. The summed E-state index contributed by atoms with van der Waals surface area (Å²) in [6, 6.07) is 0. The Kier molecular flexibility index (Phi) is 5.32. The number of nitrogens with one attached hydrogen (secondary N) is 1. The Balaban J connectivity index is 3.32. The molecular formula is C6H10ClNO. The minimum Gasteiger partial charge on any atom is -0.269 e. The van der Waals surface area contributed by atoms with Crippen molar-refractivity contribution in [1.29, 1.82) is 0 Å². The van der Waals surface area contributed by atoms with Gasteiger partial charge in [-0.2, -0.15) is 0 Å².